The zero-order valence-corrected chi connectivity index (χ0v) is 15.2. The summed E-state index contributed by atoms with van der Waals surface area (Å²) in [5.74, 6) is -0.0337. The van der Waals surface area contributed by atoms with Crippen LogP contribution >= 0.6 is 0 Å². The fraction of sp³-hybridized carbons (Fsp3) is 0.474. The first-order valence-corrected chi connectivity index (χ1v) is 8.44. The van der Waals surface area contributed by atoms with Crippen molar-refractivity contribution in [2.45, 2.75) is 26.5 Å². The Morgan fingerprint density at radius 3 is 2.68 bits per heavy atom. The van der Waals surface area contributed by atoms with Crippen LogP contribution in [0, 0.1) is 13.8 Å². The molecule has 25 heavy (non-hydrogen) atoms. The summed E-state index contributed by atoms with van der Waals surface area (Å²) < 4.78 is 11.0. The minimum Gasteiger partial charge on any atom is -0.423 e. The molecule has 0 N–H and O–H groups in total. The zero-order valence-electron chi connectivity index (χ0n) is 15.2. The number of likely N-dealkylation sites (N-methyl/N-ethyl adjacent to an activating group) is 1. The van der Waals surface area contributed by atoms with Crippen molar-refractivity contribution in [1.29, 1.82) is 0 Å². The average Bonchev–Trinajstić information content (AvgIpc) is 2.56. The molecule has 2 heterocycles. The maximum atomic E-state index is 12.2. The van der Waals surface area contributed by atoms with Crippen molar-refractivity contribution in [3.05, 3.63) is 45.3 Å². The van der Waals surface area contributed by atoms with E-state index in [4.69, 9.17) is 9.15 Å². The van der Waals surface area contributed by atoms with Crippen LogP contribution in [-0.2, 0) is 16.1 Å². The highest BCUT2D eigenvalue weighted by atomic mass is 16.5. The zero-order chi connectivity index (χ0) is 18.1. The number of hydrogen-bond acceptors (Lipinski definition) is 5. The molecule has 1 fully saturated rings. The molecule has 2 aromatic rings. The normalized spacial score (nSPS) is 18.5. The van der Waals surface area contributed by atoms with E-state index < -0.39 is 6.10 Å². The second kappa shape index (κ2) is 6.98. The van der Waals surface area contributed by atoms with Gasteiger partial charge in [-0.05, 0) is 42.7 Å². The molecule has 6 nitrogen and oxygen atoms in total. The molecular formula is C19H24N2O4. The summed E-state index contributed by atoms with van der Waals surface area (Å²) in [6, 6.07) is 5.52. The monoisotopic (exact) mass is 344 g/mol. The lowest BCUT2D eigenvalue weighted by atomic mass is 10.0. The van der Waals surface area contributed by atoms with E-state index in [1.54, 1.807) is 25.1 Å². The quantitative estimate of drug-likeness (QED) is 0.793. The van der Waals surface area contributed by atoms with Crippen LogP contribution in [0.5, 0.6) is 0 Å². The minimum absolute atomic E-state index is 0.0337. The number of amides is 1. The highest BCUT2D eigenvalue weighted by Gasteiger charge is 2.28. The van der Waals surface area contributed by atoms with Crippen LogP contribution in [0.1, 0.15) is 16.7 Å². The van der Waals surface area contributed by atoms with Gasteiger partial charge in [-0.3, -0.25) is 9.69 Å². The number of ether oxygens (including phenoxy) is 1. The Morgan fingerprint density at radius 2 is 1.96 bits per heavy atom. The molecule has 1 aliphatic heterocycles. The SMILES string of the molecule is Cc1cc2oc(=O)cc(CN3CCOC(C(=O)N(C)C)C3)c2cc1C. The van der Waals surface area contributed by atoms with E-state index in [1.807, 2.05) is 19.9 Å². The third-order valence-electron chi connectivity index (χ3n) is 4.71. The van der Waals surface area contributed by atoms with Crippen LogP contribution in [-0.4, -0.2) is 55.6 Å². The van der Waals surface area contributed by atoms with Crippen molar-refractivity contribution in [1.82, 2.24) is 9.80 Å². The Bertz CT molecular complexity index is 856. The third kappa shape index (κ3) is 3.75. The molecule has 134 valence electrons. The van der Waals surface area contributed by atoms with Gasteiger partial charge in [0.1, 0.15) is 11.7 Å². The van der Waals surface area contributed by atoms with Crippen molar-refractivity contribution in [3.8, 4) is 0 Å². The van der Waals surface area contributed by atoms with Gasteiger partial charge in [0.2, 0.25) is 0 Å². The number of carbonyl (C=O) groups excluding carboxylic acids is 1. The molecule has 1 unspecified atom stereocenters. The van der Waals surface area contributed by atoms with Gasteiger partial charge in [-0.25, -0.2) is 4.79 Å². The van der Waals surface area contributed by atoms with E-state index in [-0.39, 0.29) is 11.5 Å². The van der Waals surface area contributed by atoms with E-state index in [9.17, 15) is 9.59 Å². The summed E-state index contributed by atoms with van der Waals surface area (Å²) >= 11 is 0. The molecule has 1 amide bonds. The minimum atomic E-state index is -0.459. The lowest BCUT2D eigenvalue weighted by Gasteiger charge is -2.33. The van der Waals surface area contributed by atoms with Crippen LogP contribution in [0.25, 0.3) is 11.0 Å². The molecule has 0 bridgehead atoms. The maximum Gasteiger partial charge on any atom is 0.336 e. The Balaban J connectivity index is 1.88. The van der Waals surface area contributed by atoms with Gasteiger partial charge >= 0.3 is 5.63 Å². The molecule has 0 saturated carbocycles. The van der Waals surface area contributed by atoms with Crippen LogP contribution < -0.4 is 5.63 Å². The van der Waals surface area contributed by atoms with E-state index in [2.05, 4.69) is 11.0 Å². The van der Waals surface area contributed by atoms with Crippen LogP contribution in [0.4, 0.5) is 0 Å². The first kappa shape index (κ1) is 17.6. The Hall–Kier alpha value is -2.18. The van der Waals surface area contributed by atoms with Gasteiger partial charge in [0, 0.05) is 45.2 Å². The summed E-state index contributed by atoms with van der Waals surface area (Å²) in [7, 11) is 3.46. The predicted molar refractivity (Wildman–Crippen MR) is 95.7 cm³/mol. The molecule has 0 aliphatic carbocycles. The van der Waals surface area contributed by atoms with Gasteiger partial charge in [-0.2, -0.15) is 0 Å². The average molecular weight is 344 g/mol. The lowest BCUT2D eigenvalue weighted by molar-refractivity contribution is -0.147. The highest BCUT2D eigenvalue weighted by Crippen LogP contribution is 2.23. The largest absolute Gasteiger partial charge is 0.423 e. The van der Waals surface area contributed by atoms with Crippen molar-refractivity contribution in [2.75, 3.05) is 33.8 Å². The van der Waals surface area contributed by atoms with Gasteiger partial charge in [-0.1, -0.05) is 0 Å². The number of carbonyl (C=O) groups is 1. The number of aryl methyl sites for hydroxylation is 2. The van der Waals surface area contributed by atoms with Gasteiger partial charge < -0.3 is 14.1 Å². The number of benzene rings is 1. The van der Waals surface area contributed by atoms with Crippen molar-refractivity contribution < 1.29 is 13.9 Å². The molecule has 3 rings (SSSR count). The lowest BCUT2D eigenvalue weighted by Crippen LogP contribution is -2.49. The second-order valence-electron chi connectivity index (χ2n) is 6.85. The highest BCUT2D eigenvalue weighted by molar-refractivity contribution is 5.82. The first-order valence-electron chi connectivity index (χ1n) is 8.44. The molecule has 1 aliphatic rings. The predicted octanol–water partition coefficient (Wildman–Crippen LogP) is 1.70. The summed E-state index contributed by atoms with van der Waals surface area (Å²) in [6.07, 6.45) is -0.459. The maximum absolute atomic E-state index is 12.2. The first-order chi connectivity index (χ1) is 11.8. The molecule has 1 aromatic heterocycles. The van der Waals surface area contributed by atoms with E-state index in [0.29, 0.717) is 25.3 Å². The van der Waals surface area contributed by atoms with E-state index in [1.165, 1.54) is 0 Å². The van der Waals surface area contributed by atoms with Gasteiger partial charge in [-0.15, -0.1) is 0 Å². The standard InChI is InChI=1S/C19H24N2O4/c1-12-7-15-14(9-18(22)25-16(15)8-13(12)2)10-21-5-6-24-17(11-21)19(23)20(3)4/h7-9,17H,5-6,10-11H2,1-4H3. The number of morpholine rings is 1. The number of nitrogens with zero attached hydrogens (tertiary/aromatic N) is 2. The summed E-state index contributed by atoms with van der Waals surface area (Å²) in [6.45, 7) is 6.38. The molecule has 1 saturated heterocycles. The van der Waals surface area contributed by atoms with Gasteiger partial charge in [0.15, 0.2) is 0 Å². The fourth-order valence-electron chi connectivity index (χ4n) is 3.14. The Kier molecular flexibility index (Phi) is 4.92. The smallest absolute Gasteiger partial charge is 0.336 e. The molecular weight excluding hydrogens is 320 g/mol. The van der Waals surface area contributed by atoms with Crippen molar-refractivity contribution in [2.24, 2.45) is 0 Å². The van der Waals surface area contributed by atoms with Crippen LogP contribution in [0.3, 0.4) is 0 Å². The van der Waals surface area contributed by atoms with E-state index in [0.717, 1.165) is 28.6 Å². The Labute approximate surface area is 147 Å². The fourth-order valence-corrected chi connectivity index (χ4v) is 3.14. The molecule has 0 spiro atoms. The summed E-state index contributed by atoms with van der Waals surface area (Å²) in [4.78, 5) is 27.8. The number of hydrogen-bond donors (Lipinski definition) is 0. The summed E-state index contributed by atoms with van der Waals surface area (Å²) in [5.41, 5.74) is 3.44. The van der Waals surface area contributed by atoms with Crippen molar-refractivity contribution >= 4 is 16.9 Å². The van der Waals surface area contributed by atoms with Gasteiger partial charge in [0.05, 0.1) is 6.61 Å². The van der Waals surface area contributed by atoms with E-state index >= 15 is 0 Å². The topological polar surface area (TPSA) is 63.0 Å². The molecule has 6 heteroatoms. The third-order valence-corrected chi connectivity index (χ3v) is 4.71. The van der Waals surface area contributed by atoms with Crippen molar-refractivity contribution in [3.63, 3.8) is 0 Å². The Morgan fingerprint density at radius 1 is 1.24 bits per heavy atom. The number of rotatable bonds is 3. The van der Waals surface area contributed by atoms with Crippen LogP contribution in [0.15, 0.2) is 27.4 Å². The molecule has 0 radical (unpaired) electrons. The number of fused-ring (bicyclic) bond motifs is 1. The molecule has 1 aromatic carbocycles. The molecule has 1 atom stereocenters. The van der Waals surface area contributed by atoms with Gasteiger partial charge in [0.25, 0.3) is 5.91 Å². The van der Waals surface area contributed by atoms with Crippen LogP contribution in [0.2, 0.25) is 0 Å². The summed E-state index contributed by atoms with van der Waals surface area (Å²) in [5, 5.41) is 0.949. The second-order valence-corrected chi connectivity index (χ2v) is 6.85.